The number of phenols is 1. The number of para-hydroxylation sites is 2. The third-order valence-corrected chi connectivity index (χ3v) is 4.26. The summed E-state index contributed by atoms with van der Waals surface area (Å²) in [6.07, 6.45) is 1.63. The van der Waals surface area contributed by atoms with E-state index in [9.17, 15) is 14.7 Å². The number of hydrogen-bond donors (Lipinski definition) is 1. The first-order valence-corrected chi connectivity index (χ1v) is 8.00. The van der Waals surface area contributed by atoms with Gasteiger partial charge in [-0.3, -0.25) is 9.59 Å². The number of aromatic hydroxyl groups is 1. The van der Waals surface area contributed by atoms with Crippen LogP contribution in [0.5, 0.6) is 17.2 Å². The van der Waals surface area contributed by atoms with E-state index in [1.54, 1.807) is 30.2 Å². The summed E-state index contributed by atoms with van der Waals surface area (Å²) in [7, 11) is 1.56. The normalized spacial score (nSPS) is 16.8. The molecule has 1 atom stereocenters. The Bertz CT molecular complexity index is 789. The van der Waals surface area contributed by atoms with Gasteiger partial charge in [-0.1, -0.05) is 18.2 Å². The Labute approximate surface area is 145 Å². The maximum absolute atomic E-state index is 12.4. The number of benzene rings is 2. The van der Waals surface area contributed by atoms with Crippen molar-refractivity contribution in [2.75, 3.05) is 18.6 Å². The molecule has 130 valence electrons. The van der Waals surface area contributed by atoms with Gasteiger partial charge in [0, 0.05) is 6.42 Å². The topological polar surface area (TPSA) is 76.1 Å². The van der Waals surface area contributed by atoms with E-state index >= 15 is 0 Å². The van der Waals surface area contributed by atoms with Crippen molar-refractivity contribution in [3.05, 3.63) is 48.0 Å². The molecule has 0 spiro atoms. The van der Waals surface area contributed by atoms with Crippen molar-refractivity contribution in [1.82, 2.24) is 0 Å². The molecule has 6 nitrogen and oxygen atoms in total. The molecular weight excluding hydrogens is 322 g/mol. The molecule has 3 rings (SSSR count). The van der Waals surface area contributed by atoms with Crippen LogP contribution in [0.25, 0.3) is 0 Å². The summed E-state index contributed by atoms with van der Waals surface area (Å²) in [6.45, 7) is 0.216. The summed E-state index contributed by atoms with van der Waals surface area (Å²) >= 11 is 0. The minimum Gasteiger partial charge on any atom is -0.507 e. The summed E-state index contributed by atoms with van der Waals surface area (Å²) in [5, 5.41) is 9.73. The van der Waals surface area contributed by atoms with E-state index in [1.165, 1.54) is 6.07 Å². The van der Waals surface area contributed by atoms with E-state index in [0.29, 0.717) is 36.3 Å². The molecule has 0 radical (unpaired) electrons. The standard InChI is InChI=1S/C19H19NO5/c1-24-18-7-3-2-5-15(18)20-13(9-10-19(20)23)12-25-17-8-4-6-16(22)14(17)11-21/h2-8,11,13,22H,9-10,12H2,1H3/t13-/m0/s1. The van der Waals surface area contributed by atoms with E-state index in [4.69, 9.17) is 9.47 Å². The molecule has 1 fully saturated rings. The molecular formula is C19H19NO5. The first-order chi connectivity index (χ1) is 12.2. The second-order valence-electron chi connectivity index (χ2n) is 5.75. The lowest BCUT2D eigenvalue weighted by Gasteiger charge is -2.26. The quantitative estimate of drug-likeness (QED) is 0.818. The molecule has 2 aromatic carbocycles. The number of amides is 1. The Morgan fingerprint density at radius 1 is 1.20 bits per heavy atom. The highest BCUT2D eigenvalue weighted by Crippen LogP contribution is 2.34. The highest BCUT2D eigenvalue weighted by Gasteiger charge is 2.34. The second-order valence-corrected chi connectivity index (χ2v) is 5.75. The number of hydrogen-bond acceptors (Lipinski definition) is 5. The van der Waals surface area contributed by atoms with Gasteiger partial charge >= 0.3 is 0 Å². The number of carbonyl (C=O) groups excluding carboxylic acids is 2. The highest BCUT2D eigenvalue weighted by molar-refractivity contribution is 5.97. The van der Waals surface area contributed by atoms with Crippen LogP contribution in [0.2, 0.25) is 0 Å². The second kappa shape index (κ2) is 7.25. The maximum atomic E-state index is 12.4. The van der Waals surface area contributed by atoms with Crippen molar-refractivity contribution in [3.63, 3.8) is 0 Å². The SMILES string of the molecule is COc1ccccc1N1C(=O)CC[C@H]1COc1cccc(O)c1C=O. The molecule has 0 aliphatic carbocycles. The third kappa shape index (κ3) is 3.28. The zero-order chi connectivity index (χ0) is 17.8. The molecule has 1 heterocycles. The number of anilines is 1. The summed E-state index contributed by atoms with van der Waals surface area (Å²) in [5.74, 6) is 0.796. The van der Waals surface area contributed by atoms with Gasteiger partial charge in [-0.2, -0.15) is 0 Å². The predicted molar refractivity (Wildman–Crippen MR) is 92.5 cm³/mol. The molecule has 1 aliphatic heterocycles. The number of methoxy groups -OCH3 is 1. The van der Waals surface area contributed by atoms with Gasteiger partial charge in [-0.25, -0.2) is 0 Å². The molecule has 0 aromatic heterocycles. The van der Waals surface area contributed by atoms with E-state index in [-0.39, 0.29) is 29.9 Å². The average molecular weight is 341 g/mol. The molecule has 1 aliphatic rings. The monoisotopic (exact) mass is 341 g/mol. The van der Waals surface area contributed by atoms with Crippen LogP contribution < -0.4 is 14.4 Å². The minimum atomic E-state index is -0.175. The Hall–Kier alpha value is -3.02. The van der Waals surface area contributed by atoms with Crippen molar-refractivity contribution in [3.8, 4) is 17.2 Å². The highest BCUT2D eigenvalue weighted by atomic mass is 16.5. The molecule has 0 bridgehead atoms. The van der Waals surface area contributed by atoms with Crippen LogP contribution >= 0.6 is 0 Å². The van der Waals surface area contributed by atoms with Crippen LogP contribution in [0.4, 0.5) is 5.69 Å². The lowest BCUT2D eigenvalue weighted by Crippen LogP contribution is -2.37. The van der Waals surface area contributed by atoms with Crippen molar-refractivity contribution >= 4 is 17.9 Å². The summed E-state index contributed by atoms with van der Waals surface area (Å²) in [5.41, 5.74) is 0.809. The molecule has 1 saturated heterocycles. The Morgan fingerprint density at radius 2 is 1.96 bits per heavy atom. The lowest BCUT2D eigenvalue weighted by atomic mass is 10.2. The Kier molecular flexibility index (Phi) is 4.88. The number of phenolic OH excluding ortho intramolecular Hbond substituents is 1. The van der Waals surface area contributed by atoms with Crippen molar-refractivity contribution in [1.29, 1.82) is 0 Å². The number of rotatable bonds is 6. The fourth-order valence-electron chi connectivity index (χ4n) is 3.02. The lowest BCUT2D eigenvalue weighted by molar-refractivity contribution is -0.117. The zero-order valence-corrected chi connectivity index (χ0v) is 13.8. The molecule has 1 amide bonds. The Morgan fingerprint density at radius 3 is 2.72 bits per heavy atom. The van der Waals surface area contributed by atoms with Crippen LogP contribution in [-0.4, -0.2) is 37.1 Å². The minimum absolute atomic E-state index is 0.00428. The molecule has 2 aromatic rings. The van der Waals surface area contributed by atoms with Crippen LogP contribution in [-0.2, 0) is 4.79 Å². The van der Waals surface area contributed by atoms with Gasteiger partial charge in [0.2, 0.25) is 5.91 Å². The van der Waals surface area contributed by atoms with Gasteiger partial charge in [-0.15, -0.1) is 0 Å². The van der Waals surface area contributed by atoms with E-state index in [2.05, 4.69) is 0 Å². The Balaban J connectivity index is 1.81. The summed E-state index contributed by atoms with van der Waals surface area (Å²) in [4.78, 5) is 25.2. The fraction of sp³-hybridized carbons (Fsp3) is 0.263. The van der Waals surface area contributed by atoms with Gasteiger partial charge in [0.25, 0.3) is 0 Å². The molecule has 1 N–H and O–H groups in total. The van der Waals surface area contributed by atoms with Crippen molar-refractivity contribution < 1.29 is 24.2 Å². The predicted octanol–water partition coefficient (Wildman–Crippen LogP) is 2.79. The summed E-state index contributed by atoms with van der Waals surface area (Å²) in [6, 6.07) is 11.8. The average Bonchev–Trinajstić information content (AvgIpc) is 3.00. The van der Waals surface area contributed by atoms with Crippen molar-refractivity contribution in [2.45, 2.75) is 18.9 Å². The fourth-order valence-corrected chi connectivity index (χ4v) is 3.02. The van der Waals surface area contributed by atoms with Gasteiger partial charge in [0.05, 0.1) is 24.4 Å². The first kappa shape index (κ1) is 16.8. The van der Waals surface area contributed by atoms with Crippen LogP contribution in [0.1, 0.15) is 23.2 Å². The van der Waals surface area contributed by atoms with Crippen LogP contribution in [0.3, 0.4) is 0 Å². The smallest absolute Gasteiger partial charge is 0.227 e. The third-order valence-electron chi connectivity index (χ3n) is 4.26. The van der Waals surface area contributed by atoms with Crippen LogP contribution in [0.15, 0.2) is 42.5 Å². The first-order valence-electron chi connectivity index (χ1n) is 8.00. The van der Waals surface area contributed by atoms with E-state index < -0.39 is 0 Å². The number of ether oxygens (including phenoxy) is 2. The number of aldehydes is 1. The molecule has 6 heteroatoms. The number of carbonyl (C=O) groups is 2. The summed E-state index contributed by atoms with van der Waals surface area (Å²) < 4.78 is 11.1. The van der Waals surface area contributed by atoms with Crippen LogP contribution in [0, 0.1) is 0 Å². The number of nitrogens with zero attached hydrogens (tertiary/aromatic N) is 1. The molecule has 0 saturated carbocycles. The zero-order valence-electron chi connectivity index (χ0n) is 13.8. The largest absolute Gasteiger partial charge is 0.507 e. The van der Waals surface area contributed by atoms with Gasteiger partial charge in [-0.05, 0) is 30.7 Å². The van der Waals surface area contributed by atoms with Crippen molar-refractivity contribution in [2.24, 2.45) is 0 Å². The molecule has 0 unspecified atom stereocenters. The van der Waals surface area contributed by atoms with Gasteiger partial charge in [0.15, 0.2) is 6.29 Å². The van der Waals surface area contributed by atoms with Gasteiger partial charge in [0.1, 0.15) is 23.9 Å². The maximum Gasteiger partial charge on any atom is 0.227 e. The molecule has 25 heavy (non-hydrogen) atoms. The van der Waals surface area contributed by atoms with E-state index in [0.717, 1.165) is 0 Å². The van der Waals surface area contributed by atoms with E-state index in [1.807, 2.05) is 18.2 Å². The van der Waals surface area contributed by atoms with Gasteiger partial charge < -0.3 is 19.5 Å².